The molecule has 0 spiro atoms. The molecule has 2 amide bonds. The Morgan fingerprint density at radius 1 is 1.00 bits per heavy atom. The van der Waals surface area contributed by atoms with Gasteiger partial charge in [0.15, 0.2) is 4.34 Å². The molecule has 0 aliphatic heterocycles. The van der Waals surface area contributed by atoms with Crippen molar-refractivity contribution in [3.63, 3.8) is 0 Å². The van der Waals surface area contributed by atoms with Crippen molar-refractivity contribution in [2.24, 2.45) is 0 Å². The summed E-state index contributed by atoms with van der Waals surface area (Å²) in [6.07, 6.45) is 0. The first-order valence-corrected chi connectivity index (χ1v) is 8.94. The Balaban J connectivity index is 1.55. The van der Waals surface area contributed by atoms with Crippen molar-refractivity contribution in [2.45, 2.75) is 10.1 Å². The molecule has 2 aromatic carbocycles. The minimum atomic E-state index is -0.619. The number of rotatable bonds is 5. The van der Waals surface area contributed by atoms with E-state index in [1.807, 2.05) is 0 Å². The lowest BCUT2D eigenvalue weighted by Gasteiger charge is -2.05. The van der Waals surface area contributed by atoms with Crippen LogP contribution in [0.3, 0.4) is 0 Å². The first kappa shape index (κ1) is 17.3. The number of anilines is 2. The Kier molecular flexibility index (Phi) is 5.56. The molecule has 0 aliphatic carbocycles. The van der Waals surface area contributed by atoms with Crippen LogP contribution in [0.1, 0.15) is 5.56 Å². The van der Waals surface area contributed by atoms with Gasteiger partial charge in [-0.25, -0.2) is 13.6 Å². The molecule has 0 unspecified atom stereocenters. The van der Waals surface area contributed by atoms with Crippen molar-refractivity contribution in [3.05, 3.63) is 65.7 Å². The van der Waals surface area contributed by atoms with Gasteiger partial charge in [-0.15, -0.1) is 10.2 Å². The van der Waals surface area contributed by atoms with Crippen LogP contribution in [0.2, 0.25) is 0 Å². The van der Waals surface area contributed by atoms with E-state index in [0.717, 1.165) is 11.3 Å². The van der Waals surface area contributed by atoms with Crippen molar-refractivity contribution >= 4 is 39.9 Å². The maximum Gasteiger partial charge on any atom is 0.325 e. The first-order valence-electron chi connectivity index (χ1n) is 7.14. The lowest BCUT2D eigenvalue weighted by Crippen LogP contribution is -2.19. The molecule has 1 heterocycles. The van der Waals surface area contributed by atoms with Crippen molar-refractivity contribution in [3.8, 4) is 0 Å². The molecule has 3 rings (SSSR count). The quantitative estimate of drug-likeness (QED) is 0.497. The topological polar surface area (TPSA) is 66.9 Å². The largest absolute Gasteiger partial charge is 0.325 e. The van der Waals surface area contributed by atoms with Gasteiger partial charge in [0.1, 0.15) is 11.6 Å². The molecule has 0 bridgehead atoms. The highest BCUT2D eigenvalue weighted by Crippen LogP contribution is 2.29. The normalized spacial score (nSPS) is 10.5. The molecule has 0 saturated carbocycles. The number of amides is 2. The predicted octanol–water partition coefficient (Wildman–Crippen LogP) is 4.75. The number of thioether (sulfide) groups is 1. The maximum atomic E-state index is 13.6. The fourth-order valence-corrected chi connectivity index (χ4v) is 3.62. The van der Waals surface area contributed by atoms with Crippen molar-refractivity contribution in [1.82, 2.24) is 10.2 Å². The minimum absolute atomic E-state index is 0.0682. The van der Waals surface area contributed by atoms with Crippen LogP contribution < -0.4 is 10.6 Å². The Morgan fingerprint density at radius 3 is 2.48 bits per heavy atom. The zero-order valence-electron chi connectivity index (χ0n) is 12.7. The van der Waals surface area contributed by atoms with Gasteiger partial charge in [-0.2, -0.15) is 0 Å². The van der Waals surface area contributed by atoms with Gasteiger partial charge in [-0.05, 0) is 23.8 Å². The second-order valence-corrected chi connectivity index (χ2v) is 7.01. The SMILES string of the molecule is O=C(Nc1nnc(SCc2ccccc2F)s1)Nc1ccccc1F. The van der Waals surface area contributed by atoms with E-state index in [1.165, 1.54) is 36.0 Å². The Hall–Kier alpha value is -2.52. The summed E-state index contributed by atoms with van der Waals surface area (Å²) in [5.41, 5.74) is 0.633. The summed E-state index contributed by atoms with van der Waals surface area (Å²) in [5, 5.41) is 12.9. The smallest absolute Gasteiger partial charge is 0.305 e. The Bertz CT molecular complexity index is 888. The van der Waals surface area contributed by atoms with Crippen LogP contribution in [0.5, 0.6) is 0 Å². The van der Waals surface area contributed by atoms with Gasteiger partial charge >= 0.3 is 6.03 Å². The molecule has 3 aromatic rings. The number of aromatic nitrogens is 2. The summed E-state index contributed by atoms with van der Waals surface area (Å²) in [6.45, 7) is 0. The fraction of sp³-hybridized carbons (Fsp3) is 0.0625. The molecule has 5 nitrogen and oxygen atoms in total. The molecule has 2 N–H and O–H groups in total. The molecule has 0 radical (unpaired) electrons. The molecular formula is C16H12F2N4OS2. The number of nitrogens with zero attached hydrogens (tertiary/aromatic N) is 2. The lowest BCUT2D eigenvalue weighted by atomic mass is 10.2. The van der Waals surface area contributed by atoms with Gasteiger partial charge in [0, 0.05) is 5.75 Å². The predicted molar refractivity (Wildman–Crippen MR) is 94.9 cm³/mol. The van der Waals surface area contributed by atoms with Crippen LogP contribution in [0.15, 0.2) is 52.9 Å². The van der Waals surface area contributed by atoms with E-state index in [9.17, 15) is 13.6 Å². The van der Waals surface area contributed by atoms with Crippen LogP contribution in [0, 0.1) is 11.6 Å². The summed E-state index contributed by atoms with van der Waals surface area (Å²) in [5.74, 6) is -0.402. The first-order chi connectivity index (χ1) is 12.1. The molecule has 9 heteroatoms. The van der Waals surface area contributed by atoms with Gasteiger partial charge in [0.05, 0.1) is 5.69 Å². The summed E-state index contributed by atoms with van der Waals surface area (Å²) < 4.78 is 27.6. The number of halogens is 2. The van der Waals surface area contributed by atoms with Crippen molar-refractivity contribution in [2.75, 3.05) is 10.6 Å². The molecule has 0 aliphatic rings. The van der Waals surface area contributed by atoms with Gasteiger partial charge in [0.25, 0.3) is 0 Å². The highest BCUT2D eigenvalue weighted by molar-refractivity contribution is 8.00. The number of urea groups is 1. The van der Waals surface area contributed by atoms with Crippen LogP contribution in [0.25, 0.3) is 0 Å². The van der Waals surface area contributed by atoms with Gasteiger partial charge in [-0.1, -0.05) is 53.4 Å². The number of hydrogen-bond acceptors (Lipinski definition) is 5. The van der Waals surface area contributed by atoms with E-state index >= 15 is 0 Å². The third-order valence-corrected chi connectivity index (χ3v) is 5.08. The van der Waals surface area contributed by atoms with E-state index < -0.39 is 11.8 Å². The number of carbonyl (C=O) groups is 1. The molecular weight excluding hydrogens is 366 g/mol. The summed E-state index contributed by atoms with van der Waals surface area (Å²) in [7, 11) is 0. The molecule has 0 atom stereocenters. The highest BCUT2D eigenvalue weighted by atomic mass is 32.2. The third-order valence-electron chi connectivity index (χ3n) is 3.06. The van der Waals surface area contributed by atoms with Crippen LogP contribution >= 0.6 is 23.1 Å². The van der Waals surface area contributed by atoms with Crippen LogP contribution in [-0.4, -0.2) is 16.2 Å². The third kappa shape index (κ3) is 4.74. The number of para-hydroxylation sites is 1. The molecule has 128 valence electrons. The lowest BCUT2D eigenvalue weighted by molar-refractivity contribution is 0.262. The van der Waals surface area contributed by atoms with Crippen molar-refractivity contribution < 1.29 is 13.6 Å². The van der Waals surface area contributed by atoms with E-state index in [-0.39, 0.29) is 16.6 Å². The van der Waals surface area contributed by atoms with E-state index in [1.54, 1.807) is 24.3 Å². The maximum absolute atomic E-state index is 13.6. The average Bonchev–Trinajstić information content (AvgIpc) is 3.03. The van der Waals surface area contributed by atoms with E-state index in [2.05, 4.69) is 20.8 Å². The number of carbonyl (C=O) groups excluding carboxylic acids is 1. The number of hydrogen-bond donors (Lipinski definition) is 2. The summed E-state index contributed by atoms with van der Waals surface area (Å²) >= 11 is 2.47. The Morgan fingerprint density at radius 2 is 1.72 bits per heavy atom. The van der Waals surface area contributed by atoms with E-state index in [0.29, 0.717) is 15.7 Å². The average molecular weight is 378 g/mol. The second kappa shape index (κ2) is 8.04. The van der Waals surface area contributed by atoms with Crippen molar-refractivity contribution in [1.29, 1.82) is 0 Å². The van der Waals surface area contributed by atoms with Crippen LogP contribution in [-0.2, 0) is 5.75 Å². The second-order valence-electron chi connectivity index (χ2n) is 4.81. The zero-order chi connectivity index (χ0) is 17.6. The van der Waals surface area contributed by atoms with Gasteiger partial charge < -0.3 is 5.32 Å². The van der Waals surface area contributed by atoms with E-state index in [4.69, 9.17) is 0 Å². The number of nitrogens with one attached hydrogen (secondary N) is 2. The zero-order valence-corrected chi connectivity index (χ0v) is 14.3. The fourth-order valence-electron chi connectivity index (χ4n) is 1.89. The van der Waals surface area contributed by atoms with Gasteiger partial charge in [0.2, 0.25) is 5.13 Å². The molecule has 0 fully saturated rings. The standard InChI is InChI=1S/C16H12F2N4OS2/c17-11-6-2-1-5-10(11)9-24-16-22-21-15(25-16)20-14(23)19-13-8-4-3-7-12(13)18/h1-8H,9H2,(H2,19,20,21,23). The molecule has 25 heavy (non-hydrogen) atoms. The van der Waals surface area contributed by atoms with Gasteiger partial charge in [-0.3, -0.25) is 5.32 Å². The minimum Gasteiger partial charge on any atom is -0.305 e. The number of benzene rings is 2. The Labute approximate surface area is 150 Å². The monoisotopic (exact) mass is 378 g/mol. The molecule has 1 aromatic heterocycles. The van der Waals surface area contributed by atoms with Crippen LogP contribution in [0.4, 0.5) is 24.4 Å². The highest BCUT2D eigenvalue weighted by Gasteiger charge is 2.11. The summed E-state index contributed by atoms with van der Waals surface area (Å²) in [6, 6.07) is 11.7. The molecule has 0 saturated heterocycles. The summed E-state index contributed by atoms with van der Waals surface area (Å²) in [4.78, 5) is 11.9.